The molecule has 2 unspecified atom stereocenters. The fourth-order valence-electron chi connectivity index (χ4n) is 2.96. The molecule has 0 saturated carbocycles. The lowest BCUT2D eigenvalue weighted by Crippen LogP contribution is -2.60. The quantitative estimate of drug-likeness (QED) is 0.618. The zero-order chi connectivity index (χ0) is 9.69. The van der Waals surface area contributed by atoms with Gasteiger partial charge in [0, 0.05) is 13.1 Å². The average Bonchev–Trinajstić information content (AvgIpc) is 2.01. The predicted octanol–water partition coefficient (Wildman–Crippen LogP) is 1.80. The van der Waals surface area contributed by atoms with Crippen LogP contribution in [0.25, 0.3) is 0 Å². The van der Waals surface area contributed by atoms with Crippen molar-refractivity contribution < 1.29 is 4.74 Å². The molecule has 0 amide bonds. The Kier molecular flexibility index (Phi) is 1.97. The molecule has 13 heavy (non-hydrogen) atoms. The molecule has 0 spiro atoms. The minimum absolute atomic E-state index is 0.327. The van der Waals surface area contributed by atoms with Gasteiger partial charge in [0.1, 0.15) is 0 Å². The summed E-state index contributed by atoms with van der Waals surface area (Å²) in [6.45, 7) is 11.3. The Labute approximate surface area is 81.0 Å². The van der Waals surface area contributed by atoms with Crippen LogP contribution < -0.4 is 5.32 Å². The summed E-state index contributed by atoms with van der Waals surface area (Å²) < 4.78 is 6.09. The molecule has 2 fully saturated rings. The topological polar surface area (TPSA) is 21.3 Å². The van der Waals surface area contributed by atoms with Crippen molar-refractivity contribution in [3.63, 3.8) is 0 Å². The van der Waals surface area contributed by atoms with E-state index in [4.69, 9.17) is 4.74 Å². The summed E-state index contributed by atoms with van der Waals surface area (Å²) in [6.07, 6.45) is 2.11. The van der Waals surface area contributed by atoms with Crippen LogP contribution in [0.1, 0.15) is 34.1 Å². The summed E-state index contributed by atoms with van der Waals surface area (Å²) in [5.74, 6) is 0. The van der Waals surface area contributed by atoms with E-state index in [1.807, 2.05) is 0 Å². The molecule has 2 rings (SSSR count). The number of hydrogen-bond acceptors (Lipinski definition) is 2. The SMILES string of the molecule is CC1(C)CC(C)(C)C2CNCC1O2. The van der Waals surface area contributed by atoms with Crippen LogP contribution in [0.5, 0.6) is 0 Å². The van der Waals surface area contributed by atoms with Crippen molar-refractivity contribution in [1.82, 2.24) is 5.32 Å². The number of morpholine rings is 1. The summed E-state index contributed by atoms with van der Waals surface area (Å²) in [5.41, 5.74) is 0.654. The summed E-state index contributed by atoms with van der Waals surface area (Å²) in [6, 6.07) is 0. The first-order valence-electron chi connectivity index (χ1n) is 5.28. The van der Waals surface area contributed by atoms with Gasteiger partial charge in [-0.05, 0) is 17.3 Å². The molecule has 2 bridgehead atoms. The number of fused-ring (bicyclic) bond motifs is 2. The Morgan fingerprint density at radius 3 is 1.92 bits per heavy atom. The summed E-state index contributed by atoms with van der Waals surface area (Å²) in [4.78, 5) is 0. The van der Waals surface area contributed by atoms with E-state index in [0.717, 1.165) is 13.1 Å². The summed E-state index contributed by atoms with van der Waals surface area (Å²) in [7, 11) is 0. The maximum absolute atomic E-state index is 6.09. The van der Waals surface area contributed by atoms with E-state index < -0.39 is 0 Å². The van der Waals surface area contributed by atoms with Crippen molar-refractivity contribution in [2.75, 3.05) is 13.1 Å². The lowest BCUT2D eigenvalue weighted by molar-refractivity contribution is -0.190. The number of ether oxygens (including phenoxy) is 1. The molecule has 0 aromatic rings. The van der Waals surface area contributed by atoms with Crippen molar-refractivity contribution >= 4 is 0 Å². The second kappa shape index (κ2) is 2.71. The predicted molar refractivity (Wildman–Crippen MR) is 53.7 cm³/mol. The van der Waals surface area contributed by atoms with Gasteiger partial charge in [-0.3, -0.25) is 0 Å². The second-order valence-electron chi connectivity index (χ2n) is 5.93. The molecule has 0 aromatic carbocycles. The van der Waals surface area contributed by atoms with Gasteiger partial charge in [-0.15, -0.1) is 0 Å². The molecular weight excluding hydrogens is 162 g/mol. The fourth-order valence-corrected chi connectivity index (χ4v) is 2.96. The Morgan fingerprint density at radius 1 is 1.00 bits per heavy atom. The molecule has 0 aromatic heterocycles. The molecule has 2 atom stereocenters. The molecule has 76 valence electrons. The minimum atomic E-state index is 0.327. The summed E-state index contributed by atoms with van der Waals surface area (Å²) >= 11 is 0. The van der Waals surface area contributed by atoms with Crippen LogP contribution in [-0.4, -0.2) is 25.3 Å². The van der Waals surface area contributed by atoms with E-state index in [-0.39, 0.29) is 0 Å². The molecule has 1 N–H and O–H groups in total. The molecule has 2 heterocycles. The van der Waals surface area contributed by atoms with Crippen LogP contribution in [0.4, 0.5) is 0 Å². The number of hydrogen-bond donors (Lipinski definition) is 1. The maximum Gasteiger partial charge on any atom is 0.0755 e. The molecule has 2 nitrogen and oxygen atoms in total. The largest absolute Gasteiger partial charge is 0.371 e. The highest BCUT2D eigenvalue weighted by Gasteiger charge is 2.48. The fraction of sp³-hybridized carbons (Fsp3) is 1.00. The van der Waals surface area contributed by atoms with Crippen molar-refractivity contribution in [2.45, 2.75) is 46.3 Å². The van der Waals surface area contributed by atoms with Gasteiger partial charge in [0.15, 0.2) is 0 Å². The maximum atomic E-state index is 6.09. The van der Waals surface area contributed by atoms with Gasteiger partial charge < -0.3 is 10.1 Å². The van der Waals surface area contributed by atoms with Crippen molar-refractivity contribution in [3.05, 3.63) is 0 Å². The monoisotopic (exact) mass is 183 g/mol. The zero-order valence-corrected chi connectivity index (χ0v) is 9.18. The molecule has 2 saturated heterocycles. The Hall–Kier alpha value is -0.0800. The van der Waals surface area contributed by atoms with Gasteiger partial charge in [0.25, 0.3) is 0 Å². The van der Waals surface area contributed by atoms with Crippen LogP contribution in [0.15, 0.2) is 0 Å². The average molecular weight is 183 g/mol. The van der Waals surface area contributed by atoms with Crippen LogP contribution in [0, 0.1) is 10.8 Å². The highest BCUT2D eigenvalue weighted by atomic mass is 16.5. The molecule has 0 aliphatic carbocycles. The van der Waals surface area contributed by atoms with Crippen molar-refractivity contribution in [2.24, 2.45) is 10.8 Å². The Balaban J connectivity index is 2.22. The highest BCUT2D eigenvalue weighted by molar-refractivity contribution is 4.99. The normalized spacial score (nSPS) is 41.5. The zero-order valence-electron chi connectivity index (χ0n) is 9.18. The van der Waals surface area contributed by atoms with Gasteiger partial charge in [0.05, 0.1) is 12.2 Å². The minimum Gasteiger partial charge on any atom is -0.371 e. The lowest BCUT2D eigenvalue weighted by Gasteiger charge is -2.53. The third kappa shape index (κ3) is 1.50. The van der Waals surface area contributed by atoms with Gasteiger partial charge in [-0.2, -0.15) is 0 Å². The Bertz CT molecular complexity index is 190. The van der Waals surface area contributed by atoms with E-state index >= 15 is 0 Å². The highest BCUT2D eigenvalue weighted by Crippen LogP contribution is 2.46. The van der Waals surface area contributed by atoms with E-state index in [1.54, 1.807) is 0 Å². The van der Waals surface area contributed by atoms with Crippen LogP contribution >= 0.6 is 0 Å². The van der Waals surface area contributed by atoms with Crippen molar-refractivity contribution in [3.8, 4) is 0 Å². The lowest BCUT2D eigenvalue weighted by atomic mass is 9.66. The standard InChI is InChI=1S/C11H21NO/c1-10(2)7-11(3,4)9-6-12-5-8(10)13-9/h8-9,12H,5-7H2,1-4H3. The van der Waals surface area contributed by atoms with Gasteiger partial charge in [-0.1, -0.05) is 27.7 Å². The van der Waals surface area contributed by atoms with E-state index in [0.29, 0.717) is 23.0 Å². The van der Waals surface area contributed by atoms with Gasteiger partial charge in [0.2, 0.25) is 0 Å². The molecule has 0 radical (unpaired) electrons. The smallest absolute Gasteiger partial charge is 0.0755 e. The summed E-state index contributed by atoms with van der Waals surface area (Å²) in [5, 5.41) is 3.47. The van der Waals surface area contributed by atoms with E-state index in [2.05, 4.69) is 33.0 Å². The molecule has 2 aliphatic rings. The first kappa shape index (κ1) is 9.47. The Morgan fingerprint density at radius 2 is 1.46 bits per heavy atom. The first-order valence-corrected chi connectivity index (χ1v) is 5.28. The third-order valence-electron chi connectivity index (χ3n) is 3.64. The van der Waals surface area contributed by atoms with E-state index in [9.17, 15) is 0 Å². The van der Waals surface area contributed by atoms with Crippen LogP contribution in [0.3, 0.4) is 0 Å². The molecular formula is C11H21NO. The van der Waals surface area contributed by atoms with E-state index in [1.165, 1.54) is 6.42 Å². The first-order chi connectivity index (χ1) is 5.92. The van der Waals surface area contributed by atoms with Crippen LogP contribution in [-0.2, 0) is 4.74 Å². The van der Waals surface area contributed by atoms with Gasteiger partial charge in [-0.25, -0.2) is 0 Å². The van der Waals surface area contributed by atoms with Crippen LogP contribution in [0.2, 0.25) is 0 Å². The molecule has 2 aliphatic heterocycles. The number of rotatable bonds is 0. The van der Waals surface area contributed by atoms with Crippen molar-refractivity contribution in [1.29, 1.82) is 0 Å². The van der Waals surface area contributed by atoms with Gasteiger partial charge >= 0.3 is 0 Å². The third-order valence-corrected chi connectivity index (χ3v) is 3.64. The second-order valence-corrected chi connectivity index (χ2v) is 5.93. The molecule has 2 heteroatoms. The number of nitrogens with one attached hydrogen (secondary N) is 1.